The van der Waals surface area contributed by atoms with E-state index in [1.54, 1.807) is 29.2 Å². The lowest BCUT2D eigenvalue weighted by Crippen LogP contribution is -2.44. The number of aromatic carboxylic acids is 1. The molecule has 1 unspecified atom stereocenters. The second-order valence-electron chi connectivity index (χ2n) is 7.10. The van der Waals surface area contributed by atoms with Crippen LogP contribution >= 0.6 is 0 Å². The van der Waals surface area contributed by atoms with Crippen molar-refractivity contribution >= 4 is 17.8 Å². The first-order valence-corrected chi connectivity index (χ1v) is 9.39. The minimum absolute atomic E-state index is 0.00462. The molecule has 1 heterocycles. The van der Waals surface area contributed by atoms with Crippen LogP contribution in [0.1, 0.15) is 39.9 Å². The molecule has 6 nitrogen and oxygen atoms in total. The van der Waals surface area contributed by atoms with Gasteiger partial charge in [-0.25, -0.2) is 4.79 Å². The second kappa shape index (κ2) is 8.69. The van der Waals surface area contributed by atoms with E-state index in [9.17, 15) is 14.4 Å². The highest BCUT2D eigenvalue weighted by molar-refractivity contribution is 5.91. The van der Waals surface area contributed by atoms with E-state index in [1.807, 2.05) is 31.2 Å². The summed E-state index contributed by atoms with van der Waals surface area (Å²) in [7, 11) is 0. The Morgan fingerprint density at radius 1 is 1.07 bits per heavy atom. The van der Waals surface area contributed by atoms with Crippen molar-refractivity contribution in [2.24, 2.45) is 0 Å². The van der Waals surface area contributed by atoms with Gasteiger partial charge >= 0.3 is 5.97 Å². The first-order chi connectivity index (χ1) is 13.4. The van der Waals surface area contributed by atoms with Gasteiger partial charge in [0.15, 0.2) is 0 Å². The monoisotopic (exact) mass is 380 g/mol. The van der Waals surface area contributed by atoms with E-state index in [0.717, 1.165) is 16.7 Å². The predicted molar refractivity (Wildman–Crippen MR) is 105 cm³/mol. The fraction of sp³-hybridized carbons (Fsp3) is 0.318. The summed E-state index contributed by atoms with van der Waals surface area (Å²) < 4.78 is 0. The zero-order valence-electron chi connectivity index (χ0n) is 15.9. The number of benzene rings is 2. The Labute approximate surface area is 164 Å². The van der Waals surface area contributed by atoms with Crippen LogP contribution in [0.25, 0.3) is 0 Å². The summed E-state index contributed by atoms with van der Waals surface area (Å²) in [5, 5.41) is 11.8. The third-order valence-electron chi connectivity index (χ3n) is 5.02. The standard InChI is InChI=1S/C22H24N2O4/c1-15-2-4-17(5-3-15)14-24-19(10-11-20(24)25)21(26)23-13-12-16-6-8-18(9-7-16)22(27)28/h2-9,19H,10-14H2,1H3,(H,23,26)(H,27,28). The average molecular weight is 380 g/mol. The third kappa shape index (κ3) is 4.76. The van der Waals surface area contributed by atoms with Crippen molar-refractivity contribution in [3.8, 4) is 0 Å². The maximum Gasteiger partial charge on any atom is 0.335 e. The van der Waals surface area contributed by atoms with E-state index in [1.165, 1.54) is 0 Å². The number of hydrogen-bond acceptors (Lipinski definition) is 3. The van der Waals surface area contributed by atoms with Gasteiger partial charge in [0.1, 0.15) is 6.04 Å². The van der Waals surface area contributed by atoms with Gasteiger partial charge in [-0.15, -0.1) is 0 Å². The molecule has 2 N–H and O–H groups in total. The Morgan fingerprint density at radius 2 is 1.71 bits per heavy atom. The van der Waals surface area contributed by atoms with Gasteiger partial charge in [0.05, 0.1) is 5.56 Å². The number of carboxylic acids is 1. The molecule has 1 fully saturated rings. The molecule has 0 bridgehead atoms. The van der Waals surface area contributed by atoms with Gasteiger partial charge < -0.3 is 15.3 Å². The maximum absolute atomic E-state index is 12.6. The van der Waals surface area contributed by atoms with Crippen molar-refractivity contribution in [2.75, 3.05) is 6.54 Å². The Hall–Kier alpha value is -3.15. The first-order valence-electron chi connectivity index (χ1n) is 9.39. The second-order valence-corrected chi connectivity index (χ2v) is 7.10. The quantitative estimate of drug-likeness (QED) is 0.773. The van der Waals surface area contributed by atoms with E-state index in [-0.39, 0.29) is 17.4 Å². The molecule has 28 heavy (non-hydrogen) atoms. The normalized spacial score (nSPS) is 16.2. The van der Waals surface area contributed by atoms with Crippen LogP contribution in [0.2, 0.25) is 0 Å². The molecule has 1 saturated heterocycles. The van der Waals surface area contributed by atoms with Gasteiger partial charge in [-0.05, 0) is 43.0 Å². The zero-order chi connectivity index (χ0) is 20.1. The fourth-order valence-electron chi connectivity index (χ4n) is 3.36. The van der Waals surface area contributed by atoms with Gasteiger partial charge in [0.25, 0.3) is 0 Å². The average Bonchev–Trinajstić information content (AvgIpc) is 3.04. The molecule has 1 aliphatic heterocycles. The van der Waals surface area contributed by atoms with E-state index < -0.39 is 12.0 Å². The van der Waals surface area contributed by atoms with Crippen LogP contribution in [0.3, 0.4) is 0 Å². The number of amides is 2. The van der Waals surface area contributed by atoms with Crippen molar-refractivity contribution in [2.45, 2.75) is 38.8 Å². The highest BCUT2D eigenvalue weighted by Gasteiger charge is 2.35. The van der Waals surface area contributed by atoms with E-state index in [4.69, 9.17) is 5.11 Å². The number of hydrogen-bond donors (Lipinski definition) is 2. The molecule has 0 radical (unpaired) electrons. The molecule has 0 aliphatic carbocycles. The number of carbonyl (C=O) groups excluding carboxylic acids is 2. The zero-order valence-corrected chi connectivity index (χ0v) is 15.9. The molecule has 2 amide bonds. The Bertz CT molecular complexity index is 859. The highest BCUT2D eigenvalue weighted by atomic mass is 16.4. The van der Waals surface area contributed by atoms with Crippen LogP contribution in [0.5, 0.6) is 0 Å². The molecule has 1 atom stereocenters. The van der Waals surface area contributed by atoms with Gasteiger partial charge in [-0.3, -0.25) is 9.59 Å². The predicted octanol–water partition coefficient (Wildman–Crippen LogP) is 2.54. The van der Waals surface area contributed by atoms with Crippen molar-refractivity contribution in [1.29, 1.82) is 0 Å². The number of carbonyl (C=O) groups is 3. The summed E-state index contributed by atoms with van der Waals surface area (Å²) in [4.78, 5) is 37.4. The van der Waals surface area contributed by atoms with Gasteiger partial charge in [-0.1, -0.05) is 42.0 Å². The van der Waals surface area contributed by atoms with Crippen LogP contribution in [0.4, 0.5) is 0 Å². The van der Waals surface area contributed by atoms with Gasteiger partial charge in [0, 0.05) is 19.5 Å². The molecular formula is C22H24N2O4. The molecule has 2 aromatic rings. The lowest BCUT2D eigenvalue weighted by atomic mass is 10.1. The number of nitrogens with zero attached hydrogens (tertiary/aromatic N) is 1. The topological polar surface area (TPSA) is 86.7 Å². The minimum atomic E-state index is -0.959. The summed E-state index contributed by atoms with van der Waals surface area (Å²) in [6, 6.07) is 14.1. The molecule has 6 heteroatoms. The fourth-order valence-corrected chi connectivity index (χ4v) is 3.36. The number of rotatable bonds is 7. The van der Waals surface area contributed by atoms with Crippen LogP contribution in [-0.2, 0) is 22.6 Å². The summed E-state index contributed by atoms with van der Waals surface area (Å²) >= 11 is 0. The molecule has 146 valence electrons. The summed E-state index contributed by atoms with van der Waals surface area (Å²) in [5.41, 5.74) is 3.35. The highest BCUT2D eigenvalue weighted by Crippen LogP contribution is 2.22. The van der Waals surface area contributed by atoms with E-state index in [2.05, 4.69) is 5.32 Å². The molecule has 0 spiro atoms. The smallest absolute Gasteiger partial charge is 0.335 e. The summed E-state index contributed by atoms with van der Waals surface area (Å²) in [6.07, 6.45) is 1.52. The van der Waals surface area contributed by atoms with Gasteiger partial charge in [-0.2, -0.15) is 0 Å². The number of nitrogens with one attached hydrogen (secondary N) is 1. The SMILES string of the molecule is Cc1ccc(CN2C(=O)CCC2C(=O)NCCc2ccc(C(=O)O)cc2)cc1. The van der Waals surface area contributed by atoms with Gasteiger partial charge in [0.2, 0.25) is 11.8 Å². The van der Waals surface area contributed by atoms with Crippen LogP contribution in [-0.4, -0.2) is 40.4 Å². The van der Waals surface area contributed by atoms with Crippen molar-refractivity contribution in [1.82, 2.24) is 10.2 Å². The molecular weight excluding hydrogens is 356 g/mol. The number of aryl methyl sites for hydroxylation is 1. The Morgan fingerprint density at radius 3 is 2.36 bits per heavy atom. The minimum Gasteiger partial charge on any atom is -0.478 e. The Kier molecular flexibility index (Phi) is 6.09. The third-order valence-corrected chi connectivity index (χ3v) is 5.02. The van der Waals surface area contributed by atoms with E-state index >= 15 is 0 Å². The van der Waals surface area contributed by atoms with Crippen molar-refractivity contribution in [3.63, 3.8) is 0 Å². The first kappa shape index (κ1) is 19.6. The molecule has 0 saturated carbocycles. The molecule has 2 aromatic carbocycles. The molecule has 3 rings (SSSR count). The molecule has 0 aromatic heterocycles. The number of likely N-dealkylation sites (tertiary alicyclic amines) is 1. The maximum atomic E-state index is 12.6. The summed E-state index contributed by atoms with van der Waals surface area (Å²) in [5.74, 6) is -1.09. The van der Waals surface area contributed by atoms with Crippen molar-refractivity contribution in [3.05, 3.63) is 70.8 Å². The Balaban J connectivity index is 1.54. The lowest BCUT2D eigenvalue weighted by molar-refractivity contribution is -0.135. The van der Waals surface area contributed by atoms with Crippen LogP contribution < -0.4 is 5.32 Å². The molecule has 1 aliphatic rings. The van der Waals surface area contributed by atoms with E-state index in [0.29, 0.717) is 32.4 Å². The van der Waals surface area contributed by atoms with Crippen LogP contribution in [0.15, 0.2) is 48.5 Å². The number of carboxylic acid groups (broad SMARTS) is 1. The summed E-state index contributed by atoms with van der Waals surface area (Å²) in [6.45, 7) is 2.89. The van der Waals surface area contributed by atoms with Crippen molar-refractivity contribution < 1.29 is 19.5 Å². The lowest BCUT2D eigenvalue weighted by Gasteiger charge is -2.24. The largest absolute Gasteiger partial charge is 0.478 e. The van der Waals surface area contributed by atoms with Crippen LogP contribution in [0, 0.1) is 6.92 Å².